The Morgan fingerprint density at radius 3 is 2.53 bits per heavy atom. The summed E-state index contributed by atoms with van der Waals surface area (Å²) in [6, 6.07) is 0. The second-order valence-corrected chi connectivity index (χ2v) is 9.42. The van der Waals surface area contributed by atoms with E-state index in [-0.39, 0.29) is 6.42 Å². The molecule has 168 valence electrons. The highest BCUT2D eigenvalue weighted by molar-refractivity contribution is 7.46. The van der Waals surface area contributed by atoms with Gasteiger partial charge in [0.05, 0.1) is 6.61 Å². The number of hydrogen-bond donors (Lipinski definition) is 3. The Kier molecular flexibility index (Phi) is 7.00. The number of phosphoric acid groups is 1. The summed E-state index contributed by atoms with van der Waals surface area (Å²) >= 11 is 0. The van der Waals surface area contributed by atoms with Gasteiger partial charge in [-0.3, -0.25) is 13.9 Å². The van der Waals surface area contributed by atoms with Crippen LogP contribution < -0.4 is 4.89 Å². The summed E-state index contributed by atoms with van der Waals surface area (Å²) in [5.41, 5.74) is 1.52. The Morgan fingerprint density at radius 1 is 1.40 bits per heavy atom. The van der Waals surface area contributed by atoms with Gasteiger partial charge in [0.1, 0.15) is 12.2 Å². The highest BCUT2D eigenvalue weighted by atomic mass is 31.2. The van der Waals surface area contributed by atoms with E-state index in [4.69, 9.17) is 9.63 Å². The topological polar surface area (TPSA) is 163 Å². The first kappa shape index (κ1) is 24.3. The second-order valence-electron chi connectivity index (χ2n) is 8.13. The molecule has 1 aliphatic carbocycles. The molecular weight excluding hydrogens is 419 g/mol. The van der Waals surface area contributed by atoms with E-state index in [0.717, 1.165) is 11.1 Å². The maximum atomic E-state index is 12.7. The monoisotopic (exact) mass is 445 g/mol. The summed E-state index contributed by atoms with van der Waals surface area (Å²) in [4.78, 5) is 36.6. The summed E-state index contributed by atoms with van der Waals surface area (Å²) in [6.45, 7) is 8.13. The van der Waals surface area contributed by atoms with Crippen LogP contribution in [0.3, 0.4) is 0 Å². The molecule has 0 bridgehead atoms. The number of allylic oxidation sites excluding steroid dienone is 3. The lowest BCUT2D eigenvalue weighted by molar-refractivity contribution is -0.228. The van der Waals surface area contributed by atoms with Crippen LogP contribution in [0.2, 0.25) is 0 Å². The first-order chi connectivity index (χ1) is 13.7. The number of hydrogen-bond acceptors (Lipinski definition) is 10. The smallest absolute Gasteiger partial charge is 0.378 e. The number of aliphatic hydroxyl groups is 3. The fourth-order valence-corrected chi connectivity index (χ4v) is 4.38. The number of carbonyl (C=O) groups excluding carboxylic acids is 2. The molecule has 0 aromatic carbocycles. The standard InChI is InChI=1S/C19H27O10P/c1-9(2)6-11-10(3)14(22)13(7-19(11,4)5)28-30(25,26)29-17-15(23)18(24)27-16(17)12(21)8-20/h6,12-13,16,20-21,23H,7-8H2,1-5H3,(H,25,26)/p-1. The number of Topliss-reactive ketones (excluding diaryl/α,β-unsaturated/α-hetero) is 1. The van der Waals surface area contributed by atoms with Crippen molar-refractivity contribution in [2.75, 3.05) is 6.61 Å². The van der Waals surface area contributed by atoms with Crippen molar-refractivity contribution in [2.24, 2.45) is 5.41 Å². The van der Waals surface area contributed by atoms with E-state index in [1.807, 2.05) is 33.8 Å². The zero-order chi connectivity index (χ0) is 23.0. The average molecular weight is 445 g/mol. The Morgan fingerprint density at radius 2 is 2.00 bits per heavy atom. The van der Waals surface area contributed by atoms with Crippen LogP contribution in [0.25, 0.3) is 0 Å². The van der Waals surface area contributed by atoms with Gasteiger partial charge in [-0.05, 0) is 43.8 Å². The molecule has 0 fully saturated rings. The normalized spacial score (nSPS) is 26.9. The molecule has 2 aliphatic rings. The van der Waals surface area contributed by atoms with Crippen molar-refractivity contribution in [1.82, 2.24) is 0 Å². The molecule has 1 heterocycles. The quantitative estimate of drug-likeness (QED) is 0.383. The van der Waals surface area contributed by atoms with Crippen LogP contribution in [0.5, 0.6) is 0 Å². The van der Waals surface area contributed by atoms with Crippen LogP contribution >= 0.6 is 7.82 Å². The molecular formula is C19H26O10P-. The molecule has 10 nitrogen and oxygen atoms in total. The van der Waals surface area contributed by atoms with E-state index in [1.165, 1.54) is 0 Å². The lowest BCUT2D eigenvalue weighted by atomic mass is 9.70. The average Bonchev–Trinajstić information content (AvgIpc) is 2.90. The van der Waals surface area contributed by atoms with E-state index in [0.29, 0.717) is 5.57 Å². The van der Waals surface area contributed by atoms with Gasteiger partial charge in [-0.1, -0.05) is 25.5 Å². The number of aliphatic hydroxyl groups excluding tert-OH is 3. The second kappa shape index (κ2) is 8.64. The Labute approximate surface area is 174 Å². The van der Waals surface area contributed by atoms with Crippen molar-refractivity contribution in [1.29, 1.82) is 0 Å². The van der Waals surface area contributed by atoms with Gasteiger partial charge in [-0.15, -0.1) is 0 Å². The zero-order valence-corrected chi connectivity index (χ0v) is 18.3. The number of ketones is 1. The van der Waals surface area contributed by atoms with Crippen molar-refractivity contribution >= 4 is 19.6 Å². The van der Waals surface area contributed by atoms with Crippen LogP contribution in [0.15, 0.2) is 34.3 Å². The van der Waals surface area contributed by atoms with Gasteiger partial charge >= 0.3 is 13.8 Å². The van der Waals surface area contributed by atoms with Crippen molar-refractivity contribution in [3.8, 4) is 0 Å². The summed E-state index contributed by atoms with van der Waals surface area (Å²) in [6.07, 6.45) is -2.94. The minimum atomic E-state index is -5.28. The van der Waals surface area contributed by atoms with E-state index in [1.54, 1.807) is 6.92 Å². The van der Waals surface area contributed by atoms with Crippen molar-refractivity contribution in [3.63, 3.8) is 0 Å². The molecule has 30 heavy (non-hydrogen) atoms. The number of cyclic esters (lactones) is 1. The molecule has 0 radical (unpaired) electrons. The van der Waals surface area contributed by atoms with Crippen LogP contribution in [-0.2, 0) is 27.9 Å². The third kappa shape index (κ3) is 5.01. The van der Waals surface area contributed by atoms with E-state index < -0.39 is 61.4 Å². The lowest BCUT2D eigenvalue weighted by Gasteiger charge is -2.38. The summed E-state index contributed by atoms with van der Waals surface area (Å²) in [5, 5.41) is 28.4. The molecule has 0 saturated carbocycles. The largest absolute Gasteiger partial charge is 0.746 e. The predicted octanol–water partition coefficient (Wildman–Crippen LogP) is 1.19. The molecule has 3 N–H and O–H groups in total. The van der Waals surface area contributed by atoms with Gasteiger partial charge in [0.15, 0.2) is 17.6 Å². The molecule has 1 aliphatic heterocycles. The van der Waals surface area contributed by atoms with Gasteiger partial charge in [-0.25, -0.2) is 4.79 Å². The minimum Gasteiger partial charge on any atom is -0.746 e. The van der Waals surface area contributed by atoms with Gasteiger partial charge in [0, 0.05) is 0 Å². The number of rotatable bonds is 7. The molecule has 4 unspecified atom stereocenters. The van der Waals surface area contributed by atoms with Crippen molar-refractivity contribution in [3.05, 3.63) is 34.3 Å². The van der Waals surface area contributed by atoms with E-state index in [2.05, 4.69) is 9.26 Å². The van der Waals surface area contributed by atoms with Crippen LogP contribution in [0.1, 0.15) is 41.0 Å². The molecule has 0 aromatic rings. The number of esters is 1. The maximum Gasteiger partial charge on any atom is 0.378 e. The predicted molar refractivity (Wildman–Crippen MR) is 102 cm³/mol. The third-order valence-electron chi connectivity index (χ3n) is 4.85. The lowest BCUT2D eigenvalue weighted by Crippen LogP contribution is -2.38. The summed E-state index contributed by atoms with van der Waals surface area (Å²) < 4.78 is 26.7. The van der Waals surface area contributed by atoms with Crippen LogP contribution in [0.4, 0.5) is 0 Å². The highest BCUT2D eigenvalue weighted by Crippen LogP contribution is 2.50. The molecule has 0 spiro atoms. The number of phosphoric ester groups is 1. The van der Waals surface area contributed by atoms with Gasteiger partial charge in [0.2, 0.25) is 5.76 Å². The van der Waals surface area contributed by atoms with Gasteiger partial charge in [-0.2, -0.15) is 0 Å². The minimum absolute atomic E-state index is 0.0427. The van der Waals surface area contributed by atoms with Gasteiger partial charge < -0.3 is 29.5 Å². The Hall–Kier alpha value is -1.97. The Bertz CT molecular complexity index is 878. The first-order valence-electron chi connectivity index (χ1n) is 9.22. The number of ether oxygens (including phenoxy) is 1. The Balaban J connectivity index is 2.28. The summed E-state index contributed by atoms with van der Waals surface area (Å²) in [5.74, 6) is -3.96. The summed E-state index contributed by atoms with van der Waals surface area (Å²) in [7, 11) is -5.28. The van der Waals surface area contributed by atoms with Crippen molar-refractivity contribution < 1.29 is 48.2 Å². The fraction of sp³-hybridized carbons (Fsp3) is 0.579. The van der Waals surface area contributed by atoms with Crippen LogP contribution in [-0.4, -0.2) is 52.0 Å². The van der Waals surface area contributed by atoms with E-state index >= 15 is 0 Å². The molecule has 2 rings (SSSR count). The van der Waals surface area contributed by atoms with E-state index in [9.17, 15) is 29.3 Å². The van der Waals surface area contributed by atoms with Gasteiger partial charge in [0.25, 0.3) is 0 Å². The fourth-order valence-electron chi connectivity index (χ4n) is 3.43. The zero-order valence-electron chi connectivity index (χ0n) is 17.4. The van der Waals surface area contributed by atoms with Crippen molar-refractivity contribution in [2.45, 2.75) is 59.4 Å². The molecule has 11 heteroatoms. The first-order valence-corrected chi connectivity index (χ1v) is 10.7. The molecule has 4 atom stereocenters. The number of carbonyl (C=O) groups is 2. The molecule has 0 aromatic heterocycles. The SMILES string of the molecule is CC(C)=CC1=C(C)C(=O)C(OP(=O)([O-])OC2=C(O)C(=O)OC2C(O)CO)CC1(C)C. The molecule has 0 saturated heterocycles. The highest BCUT2D eigenvalue weighted by Gasteiger charge is 2.44. The molecule has 0 amide bonds. The maximum absolute atomic E-state index is 12.7. The van der Waals surface area contributed by atoms with Crippen LogP contribution in [0, 0.1) is 5.41 Å². The third-order valence-corrected chi connectivity index (χ3v) is 5.78.